The van der Waals surface area contributed by atoms with Crippen LogP contribution in [0.15, 0.2) is 182 Å². The number of fused-ring (bicyclic) bond motifs is 1. The number of benzene rings is 7. The summed E-state index contributed by atoms with van der Waals surface area (Å²) in [6.07, 6.45) is -1.56. The van der Waals surface area contributed by atoms with Crippen molar-refractivity contribution in [2.24, 2.45) is 0 Å². The van der Waals surface area contributed by atoms with Crippen molar-refractivity contribution in [3.05, 3.63) is 221 Å². The fourth-order valence-electron chi connectivity index (χ4n) is 5.37. The fraction of sp³-hybridized carbons (Fsp3) is 0.0600. The van der Waals surface area contributed by atoms with E-state index in [9.17, 15) is 49.5 Å². The van der Waals surface area contributed by atoms with E-state index >= 15 is 0 Å². The highest BCUT2D eigenvalue weighted by atomic mass is 16.5. The predicted molar refractivity (Wildman–Crippen MR) is 240 cm³/mol. The number of aromatic carboxylic acids is 5. The number of aromatic hydroxyl groups is 4. The highest BCUT2D eigenvalue weighted by molar-refractivity contribution is 5.89. The molecule has 0 saturated heterocycles. The molecule has 0 saturated carbocycles. The fourth-order valence-corrected chi connectivity index (χ4v) is 5.37. The van der Waals surface area contributed by atoms with Crippen molar-refractivity contribution in [3.63, 3.8) is 0 Å². The van der Waals surface area contributed by atoms with Gasteiger partial charge in [-0.3, -0.25) is 0 Å². The standard InChI is InChI=1S/C15H14O6.5C7H6O2/c16-8-4-11(18)9-6-13(20)15(21-14(9)5-8)7-1-2-10(17)12(19)3-7;5*8-7(9)6-4-2-1-3-5-6/h1-5,13,15-20H,6H2;5*1-5H,(H,8,9)/t13-,15+;;;;;/m0...../s1. The van der Waals surface area contributed by atoms with E-state index in [1.807, 2.05) is 0 Å². The number of ether oxygens (including phenoxy) is 1. The molecule has 0 aromatic heterocycles. The summed E-state index contributed by atoms with van der Waals surface area (Å²) >= 11 is 0. The lowest BCUT2D eigenvalue weighted by molar-refractivity contribution is 0.0197. The number of aliphatic hydroxyl groups excluding tert-OH is 1. The average molecular weight is 901 g/mol. The highest BCUT2D eigenvalue weighted by Gasteiger charge is 2.32. The molecule has 340 valence electrons. The van der Waals surface area contributed by atoms with Crippen molar-refractivity contribution >= 4 is 29.8 Å². The van der Waals surface area contributed by atoms with E-state index in [4.69, 9.17) is 30.3 Å². The Kier molecular flexibility index (Phi) is 20.4. The smallest absolute Gasteiger partial charge is 0.335 e. The second-order valence-electron chi connectivity index (χ2n) is 13.4. The first-order valence-corrected chi connectivity index (χ1v) is 19.3. The number of phenolic OH excluding ortho intramolecular Hbond substituents is 4. The minimum Gasteiger partial charge on any atom is -0.508 e. The van der Waals surface area contributed by atoms with Crippen LogP contribution in [0.25, 0.3) is 0 Å². The van der Waals surface area contributed by atoms with Gasteiger partial charge in [0.25, 0.3) is 0 Å². The Morgan fingerprint density at radius 1 is 0.394 bits per heavy atom. The van der Waals surface area contributed by atoms with E-state index < -0.39 is 42.1 Å². The van der Waals surface area contributed by atoms with Crippen molar-refractivity contribution in [2.45, 2.75) is 18.6 Å². The SMILES string of the molecule is O=C(O)c1ccccc1.O=C(O)c1ccccc1.O=C(O)c1ccccc1.O=C(O)c1ccccc1.O=C(O)c1ccccc1.Oc1cc(O)c2c(c1)O[C@H](c1ccc(O)c(O)c1)[C@@H](O)C2. The quantitative estimate of drug-likeness (QED) is 0.0700. The third-order valence-electron chi connectivity index (χ3n) is 8.62. The zero-order valence-corrected chi connectivity index (χ0v) is 34.6. The first kappa shape index (κ1) is 51.2. The second-order valence-corrected chi connectivity index (χ2v) is 13.4. The number of hydrogen-bond donors (Lipinski definition) is 10. The van der Waals surface area contributed by atoms with Gasteiger partial charge in [0, 0.05) is 24.1 Å². The van der Waals surface area contributed by atoms with E-state index in [0.29, 0.717) is 38.9 Å². The van der Waals surface area contributed by atoms with Crippen LogP contribution in [0.1, 0.15) is 69.0 Å². The Morgan fingerprint density at radius 2 is 0.712 bits per heavy atom. The first-order chi connectivity index (χ1) is 31.5. The van der Waals surface area contributed by atoms with E-state index in [2.05, 4.69) is 0 Å². The molecule has 0 amide bonds. The van der Waals surface area contributed by atoms with Gasteiger partial charge in [0.15, 0.2) is 11.5 Å². The summed E-state index contributed by atoms with van der Waals surface area (Å²) in [4.78, 5) is 51.0. The minimum absolute atomic E-state index is 0.143. The normalized spacial score (nSPS) is 12.6. The van der Waals surface area contributed by atoms with Crippen molar-refractivity contribution in [2.75, 3.05) is 0 Å². The minimum atomic E-state index is -0.933. The molecule has 10 N–H and O–H groups in total. The monoisotopic (exact) mass is 900 g/mol. The molecule has 16 nitrogen and oxygen atoms in total. The van der Waals surface area contributed by atoms with Crippen LogP contribution >= 0.6 is 0 Å². The molecule has 8 rings (SSSR count). The summed E-state index contributed by atoms with van der Waals surface area (Å²) < 4.78 is 5.62. The lowest BCUT2D eigenvalue weighted by Gasteiger charge is -2.31. The summed E-state index contributed by atoms with van der Waals surface area (Å²) in [5.74, 6) is -4.98. The van der Waals surface area contributed by atoms with Gasteiger partial charge in [0.2, 0.25) is 0 Å². The molecule has 0 aliphatic carbocycles. The second kappa shape index (κ2) is 26.4. The van der Waals surface area contributed by atoms with Gasteiger partial charge in [-0.05, 0) is 78.4 Å². The van der Waals surface area contributed by atoms with Gasteiger partial charge >= 0.3 is 29.8 Å². The first-order valence-electron chi connectivity index (χ1n) is 19.3. The molecule has 1 aliphatic rings. The van der Waals surface area contributed by atoms with Crippen LogP contribution in [0.5, 0.6) is 28.7 Å². The molecule has 16 heteroatoms. The molecule has 1 aliphatic heterocycles. The number of phenols is 4. The average Bonchev–Trinajstić information content (AvgIpc) is 3.32. The third kappa shape index (κ3) is 17.3. The van der Waals surface area contributed by atoms with E-state index in [1.54, 1.807) is 152 Å². The Bertz CT molecular complexity index is 2340. The van der Waals surface area contributed by atoms with Crippen LogP contribution < -0.4 is 4.74 Å². The zero-order valence-electron chi connectivity index (χ0n) is 34.6. The number of hydrogen-bond acceptors (Lipinski definition) is 11. The van der Waals surface area contributed by atoms with Crippen LogP contribution in [0.2, 0.25) is 0 Å². The molecular weight excluding hydrogens is 857 g/mol. The van der Waals surface area contributed by atoms with Gasteiger partial charge in [-0.1, -0.05) is 97.1 Å². The maximum absolute atomic E-state index is 10.2. The third-order valence-corrected chi connectivity index (χ3v) is 8.62. The Balaban J connectivity index is 0.000000221. The molecule has 2 atom stereocenters. The number of carboxylic acid groups (broad SMARTS) is 5. The number of carbonyl (C=O) groups is 5. The van der Waals surface area contributed by atoms with Crippen molar-refractivity contribution < 1.29 is 79.8 Å². The lowest BCUT2D eigenvalue weighted by atomic mass is 9.94. The van der Waals surface area contributed by atoms with Crippen molar-refractivity contribution in [3.8, 4) is 28.7 Å². The molecule has 7 aromatic rings. The molecule has 0 spiro atoms. The van der Waals surface area contributed by atoms with E-state index in [1.165, 1.54) is 30.3 Å². The van der Waals surface area contributed by atoms with Crippen molar-refractivity contribution in [1.29, 1.82) is 0 Å². The van der Waals surface area contributed by atoms with Gasteiger partial charge in [-0.15, -0.1) is 0 Å². The summed E-state index contributed by atoms with van der Waals surface area (Å²) in [5.41, 5.74) is 2.55. The highest BCUT2D eigenvalue weighted by Crippen LogP contribution is 2.42. The van der Waals surface area contributed by atoms with Gasteiger partial charge in [-0.25, -0.2) is 24.0 Å². The maximum Gasteiger partial charge on any atom is 0.335 e. The van der Waals surface area contributed by atoms with Crippen LogP contribution in [0.3, 0.4) is 0 Å². The molecule has 7 aromatic carbocycles. The summed E-state index contributed by atoms with van der Waals surface area (Å²) in [6.45, 7) is 0. The van der Waals surface area contributed by atoms with Gasteiger partial charge in [0.05, 0.1) is 33.9 Å². The summed E-state index contributed by atoms with van der Waals surface area (Å²) in [7, 11) is 0. The zero-order chi connectivity index (χ0) is 48.6. The molecular formula is C50H44O16. The molecule has 0 fully saturated rings. The molecule has 0 bridgehead atoms. The van der Waals surface area contributed by atoms with Crippen LogP contribution in [-0.4, -0.2) is 87.0 Å². The van der Waals surface area contributed by atoms with E-state index in [0.717, 1.165) is 0 Å². The topological polar surface area (TPSA) is 297 Å². The lowest BCUT2D eigenvalue weighted by Crippen LogP contribution is -2.30. The Hall–Kier alpha value is -9.15. The number of aliphatic hydroxyl groups is 1. The van der Waals surface area contributed by atoms with Gasteiger partial charge < -0.3 is 55.8 Å². The van der Waals surface area contributed by atoms with Crippen molar-refractivity contribution in [1.82, 2.24) is 0 Å². The predicted octanol–water partition coefficient (Wildman–Crippen LogP) is 8.47. The van der Waals surface area contributed by atoms with Crippen LogP contribution in [0, 0.1) is 0 Å². The molecule has 1 heterocycles. The molecule has 0 radical (unpaired) electrons. The van der Waals surface area contributed by atoms with Gasteiger partial charge in [0.1, 0.15) is 23.4 Å². The Labute approximate surface area is 377 Å². The summed E-state index contributed by atoms with van der Waals surface area (Å²) in [5, 5.41) is 90.2. The van der Waals surface area contributed by atoms with E-state index in [-0.39, 0.29) is 35.2 Å². The molecule has 0 unspecified atom stereocenters. The van der Waals surface area contributed by atoms with Crippen LogP contribution in [-0.2, 0) is 6.42 Å². The summed E-state index contributed by atoms with van der Waals surface area (Å²) in [6, 6.07) is 48.1. The number of rotatable bonds is 6. The Morgan fingerprint density at radius 3 is 0.985 bits per heavy atom. The maximum atomic E-state index is 10.2. The molecule has 66 heavy (non-hydrogen) atoms. The number of carboxylic acids is 5. The van der Waals surface area contributed by atoms with Crippen LogP contribution in [0.4, 0.5) is 0 Å². The van der Waals surface area contributed by atoms with Gasteiger partial charge in [-0.2, -0.15) is 0 Å². The largest absolute Gasteiger partial charge is 0.508 e.